The summed E-state index contributed by atoms with van der Waals surface area (Å²) in [5, 5.41) is 3.10. The van der Waals surface area contributed by atoms with Gasteiger partial charge in [0.05, 0.1) is 6.54 Å². The lowest BCUT2D eigenvalue weighted by molar-refractivity contribution is 0.0850. The molecule has 19 heavy (non-hydrogen) atoms. The third-order valence-corrected chi connectivity index (χ3v) is 3.70. The molecule has 1 amide bonds. The molecule has 0 bridgehead atoms. The van der Waals surface area contributed by atoms with Crippen LogP contribution in [0.3, 0.4) is 0 Å². The fourth-order valence-electron chi connectivity index (χ4n) is 2.22. The molecule has 0 heterocycles. The minimum Gasteiger partial charge on any atom is -0.347 e. The molecule has 1 fully saturated rings. The molecule has 1 saturated carbocycles. The van der Waals surface area contributed by atoms with Gasteiger partial charge in [0, 0.05) is 16.7 Å². The molecule has 0 saturated heterocycles. The highest BCUT2D eigenvalue weighted by Crippen LogP contribution is 2.31. The summed E-state index contributed by atoms with van der Waals surface area (Å²) in [5.74, 6) is 5.82. The Morgan fingerprint density at radius 3 is 2.79 bits per heavy atom. The van der Waals surface area contributed by atoms with Gasteiger partial charge in [-0.2, -0.15) is 0 Å². The lowest BCUT2D eigenvalue weighted by atomic mass is 9.78. The van der Waals surface area contributed by atoms with Crippen LogP contribution in [-0.4, -0.2) is 18.0 Å². The molecular formula is C16H20N2O. The second-order valence-electron chi connectivity index (χ2n) is 5.40. The summed E-state index contributed by atoms with van der Waals surface area (Å²) in [5.41, 5.74) is 7.96. The number of aryl methyl sites for hydroxylation is 1. The Bertz CT molecular complexity index is 548. The van der Waals surface area contributed by atoms with Gasteiger partial charge in [0.2, 0.25) is 0 Å². The van der Waals surface area contributed by atoms with E-state index in [0.29, 0.717) is 12.1 Å². The minimum absolute atomic E-state index is 0.0157. The monoisotopic (exact) mass is 256 g/mol. The van der Waals surface area contributed by atoms with Crippen molar-refractivity contribution in [2.24, 2.45) is 5.73 Å². The van der Waals surface area contributed by atoms with Crippen LogP contribution in [0.25, 0.3) is 0 Å². The number of benzene rings is 1. The molecule has 0 atom stereocenters. The van der Waals surface area contributed by atoms with Crippen LogP contribution in [0.2, 0.25) is 0 Å². The Hall–Kier alpha value is -1.79. The molecule has 3 nitrogen and oxygen atoms in total. The number of amides is 1. The van der Waals surface area contributed by atoms with Crippen LogP contribution in [0.4, 0.5) is 0 Å². The molecule has 0 aliphatic heterocycles. The quantitative estimate of drug-likeness (QED) is 0.795. The fraction of sp³-hybridized carbons (Fsp3) is 0.438. The average Bonchev–Trinajstić information content (AvgIpc) is 2.35. The van der Waals surface area contributed by atoms with E-state index >= 15 is 0 Å². The summed E-state index contributed by atoms with van der Waals surface area (Å²) < 4.78 is 0. The normalized spacial score (nSPS) is 15.9. The first-order chi connectivity index (χ1) is 9.04. The number of rotatable bonds is 2. The highest BCUT2D eigenvalue weighted by atomic mass is 16.1. The summed E-state index contributed by atoms with van der Waals surface area (Å²) >= 11 is 0. The predicted molar refractivity (Wildman–Crippen MR) is 76.8 cm³/mol. The molecule has 0 unspecified atom stereocenters. The third kappa shape index (κ3) is 3.15. The Kier molecular flexibility index (Phi) is 3.92. The van der Waals surface area contributed by atoms with E-state index in [1.165, 1.54) is 6.42 Å². The van der Waals surface area contributed by atoms with Crippen molar-refractivity contribution >= 4 is 5.91 Å². The lowest BCUT2D eigenvalue weighted by Crippen LogP contribution is -2.50. The maximum absolute atomic E-state index is 12.2. The zero-order valence-corrected chi connectivity index (χ0v) is 11.5. The summed E-state index contributed by atoms with van der Waals surface area (Å²) in [6.07, 6.45) is 3.31. The van der Waals surface area contributed by atoms with Crippen molar-refractivity contribution < 1.29 is 4.79 Å². The number of nitrogens with two attached hydrogens (primary N) is 1. The highest BCUT2D eigenvalue weighted by molar-refractivity contribution is 5.95. The Morgan fingerprint density at radius 1 is 1.47 bits per heavy atom. The van der Waals surface area contributed by atoms with Crippen LogP contribution in [0.1, 0.15) is 47.7 Å². The largest absolute Gasteiger partial charge is 0.347 e. The molecule has 100 valence electrons. The number of hydrogen-bond donors (Lipinski definition) is 2. The number of carbonyl (C=O) groups excluding carboxylic acids is 1. The van der Waals surface area contributed by atoms with Gasteiger partial charge in [-0.3, -0.25) is 4.79 Å². The third-order valence-electron chi connectivity index (χ3n) is 3.70. The van der Waals surface area contributed by atoms with E-state index < -0.39 is 0 Å². The molecule has 0 spiro atoms. The topological polar surface area (TPSA) is 55.1 Å². The van der Waals surface area contributed by atoms with Crippen molar-refractivity contribution in [1.29, 1.82) is 0 Å². The van der Waals surface area contributed by atoms with Gasteiger partial charge < -0.3 is 11.1 Å². The first kappa shape index (κ1) is 13.6. The summed E-state index contributed by atoms with van der Waals surface area (Å²) in [4.78, 5) is 12.2. The van der Waals surface area contributed by atoms with Crippen LogP contribution in [0.5, 0.6) is 0 Å². The molecule has 0 radical (unpaired) electrons. The van der Waals surface area contributed by atoms with E-state index in [0.717, 1.165) is 24.0 Å². The predicted octanol–water partition coefficient (Wildman–Crippen LogP) is 1.98. The van der Waals surface area contributed by atoms with Gasteiger partial charge in [0.15, 0.2) is 0 Å². The average molecular weight is 256 g/mol. The molecule has 3 heteroatoms. The van der Waals surface area contributed by atoms with E-state index in [1.807, 2.05) is 25.1 Å². The molecule has 3 N–H and O–H groups in total. The second kappa shape index (κ2) is 5.46. The zero-order valence-electron chi connectivity index (χ0n) is 11.5. The standard InChI is InChI=1S/C16H20N2O/c1-12-6-7-14(11-13(12)5-3-10-17)15(19)18-16(2)8-4-9-16/h6-7,11H,4,8-10,17H2,1-2H3,(H,18,19). The van der Waals surface area contributed by atoms with Crippen molar-refractivity contribution in [2.45, 2.75) is 38.6 Å². The Labute approximate surface area is 114 Å². The van der Waals surface area contributed by atoms with Crippen molar-refractivity contribution in [3.8, 4) is 11.8 Å². The van der Waals surface area contributed by atoms with Crippen molar-refractivity contribution in [1.82, 2.24) is 5.32 Å². The second-order valence-corrected chi connectivity index (χ2v) is 5.40. The van der Waals surface area contributed by atoms with Crippen LogP contribution in [-0.2, 0) is 0 Å². The van der Waals surface area contributed by atoms with Gasteiger partial charge in [-0.25, -0.2) is 0 Å². The summed E-state index contributed by atoms with van der Waals surface area (Å²) in [6.45, 7) is 4.40. The zero-order chi connectivity index (χ0) is 13.9. The van der Waals surface area contributed by atoms with Crippen molar-refractivity contribution in [3.05, 3.63) is 34.9 Å². The van der Waals surface area contributed by atoms with Crippen LogP contribution < -0.4 is 11.1 Å². The van der Waals surface area contributed by atoms with Crippen LogP contribution in [0, 0.1) is 18.8 Å². The summed E-state index contributed by atoms with van der Waals surface area (Å²) in [6, 6.07) is 5.62. The van der Waals surface area contributed by atoms with Crippen molar-refractivity contribution in [2.75, 3.05) is 6.54 Å². The highest BCUT2D eigenvalue weighted by Gasteiger charge is 2.33. The maximum Gasteiger partial charge on any atom is 0.251 e. The van der Waals surface area contributed by atoms with E-state index in [2.05, 4.69) is 24.1 Å². The maximum atomic E-state index is 12.2. The van der Waals surface area contributed by atoms with Gasteiger partial charge in [0.1, 0.15) is 0 Å². The van der Waals surface area contributed by atoms with Gasteiger partial charge in [-0.15, -0.1) is 0 Å². The molecule has 1 aliphatic rings. The molecule has 1 aliphatic carbocycles. The van der Waals surface area contributed by atoms with E-state index in [9.17, 15) is 4.79 Å². The fourth-order valence-corrected chi connectivity index (χ4v) is 2.22. The molecule has 1 aromatic rings. The summed E-state index contributed by atoms with van der Waals surface area (Å²) in [7, 11) is 0. The Morgan fingerprint density at radius 2 is 2.21 bits per heavy atom. The number of carbonyl (C=O) groups is 1. The van der Waals surface area contributed by atoms with Gasteiger partial charge in [-0.1, -0.05) is 17.9 Å². The van der Waals surface area contributed by atoms with E-state index in [1.54, 1.807) is 0 Å². The van der Waals surface area contributed by atoms with Gasteiger partial charge >= 0.3 is 0 Å². The van der Waals surface area contributed by atoms with Gasteiger partial charge in [0.25, 0.3) is 5.91 Å². The number of nitrogens with one attached hydrogen (secondary N) is 1. The first-order valence-corrected chi connectivity index (χ1v) is 6.66. The first-order valence-electron chi connectivity index (χ1n) is 6.66. The van der Waals surface area contributed by atoms with E-state index in [-0.39, 0.29) is 11.4 Å². The minimum atomic E-state index is -0.0227. The SMILES string of the molecule is Cc1ccc(C(=O)NC2(C)CCC2)cc1C#CCN. The van der Waals surface area contributed by atoms with Crippen LogP contribution in [0.15, 0.2) is 18.2 Å². The molecule has 1 aromatic carbocycles. The molecule has 0 aromatic heterocycles. The van der Waals surface area contributed by atoms with Crippen LogP contribution >= 0.6 is 0 Å². The van der Waals surface area contributed by atoms with Crippen molar-refractivity contribution in [3.63, 3.8) is 0 Å². The lowest BCUT2D eigenvalue weighted by Gasteiger charge is -2.39. The molecule has 2 rings (SSSR count). The Balaban J connectivity index is 2.18. The molecular weight excluding hydrogens is 236 g/mol. The van der Waals surface area contributed by atoms with Gasteiger partial charge in [-0.05, 0) is 50.8 Å². The van der Waals surface area contributed by atoms with E-state index in [4.69, 9.17) is 5.73 Å². The number of hydrogen-bond acceptors (Lipinski definition) is 2. The smallest absolute Gasteiger partial charge is 0.251 e.